The van der Waals surface area contributed by atoms with Crippen molar-refractivity contribution < 1.29 is 0 Å². The Labute approximate surface area is 111 Å². The Morgan fingerprint density at radius 3 is 2.67 bits per heavy atom. The Hall–Kier alpha value is -0.860. The molecule has 18 heavy (non-hydrogen) atoms. The van der Waals surface area contributed by atoms with Crippen molar-refractivity contribution in [1.82, 2.24) is 10.2 Å². The van der Waals surface area contributed by atoms with Gasteiger partial charge in [0.15, 0.2) is 0 Å². The molecule has 0 radical (unpaired) electrons. The third-order valence-electron chi connectivity index (χ3n) is 3.71. The SMILES string of the molecule is CCNC(C)(C)CN1CCCc2ccccc2C1. The zero-order valence-electron chi connectivity index (χ0n) is 12.0. The molecule has 0 aliphatic carbocycles. The molecule has 0 saturated heterocycles. The van der Waals surface area contributed by atoms with Crippen molar-refractivity contribution in [3.63, 3.8) is 0 Å². The van der Waals surface area contributed by atoms with Gasteiger partial charge in [0.2, 0.25) is 0 Å². The van der Waals surface area contributed by atoms with Gasteiger partial charge in [0.1, 0.15) is 0 Å². The van der Waals surface area contributed by atoms with Crippen LogP contribution in [0.5, 0.6) is 0 Å². The summed E-state index contributed by atoms with van der Waals surface area (Å²) >= 11 is 0. The lowest BCUT2D eigenvalue weighted by Gasteiger charge is -2.33. The van der Waals surface area contributed by atoms with E-state index in [-0.39, 0.29) is 5.54 Å². The first-order chi connectivity index (χ1) is 8.61. The number of aryl methyl sites for hydroxylation is 1. The molecule has 1 aliphatic heterocycles. The van der Waals surface area contributed by atoms with Crippen LogP contribution in [0.25, 0.3) is 0 Å². The fourth-order valence-electron chi connectivity index (χ4n) is 3.00. The summed E-state index contributed by atoms with van der Waals surface area (Å²) in [5.41, 5.74) is 3.26. The summed E-state index contributed by atoms with van der Waals surface area (Å²) in [5.74, 6) is 0. The van der Waals surface area contributed by atoms with E-state index in [4.69, 9.17) is 0 Å². The Balaban J connectivity index is 2.04. The highest BCUT2D eigenvalue weighted by Gasteiger charge is 2.22. The molecule has 1 heterocycles. The van der Waals surface area contributed by atoms with Crippen LogP contribution < -0.4 is 5.32 Å². The Bertz CT molecular complexity index is 384. The molecule has 1 aromatic rings. The number of hydrogen-bond donors (Lipinski definition) is 1. The third-order valence-corrected chi connectivity index (χ3v) is 3.71. The smallest absolute Gasteiger partial charge is 0.0252 e. The standard InChI is InChI=1S/C16H26N2/c1-4-17-16(2,3)13-18-11-7-10-14-8-5-6-9-15(14)12-18/h5-6,8-9,17H,4,7,10-13H2,1-3H3. The van der Waals surface area contributed by atoms with Crippen molar-refractivity contribution in [2.75, 3.05) is 19.6 Å². The van der Waals surface area contributed by atoms with Gasteiger partial charge in [0, 0.05) is 18.6 Å². The molecule has 1 aliphatic rings. The predicted octanol–water partition coefficient (Wildman–Crippen LogP) is 2.82. The molecule has 2 rings (SSSR count). The van der Waals surface area contributed by atoms with E-state index in [1.54, 1.807) is 5.56 Å². The van der Waals surface area contributed by atoms with Crippen LogP contribution in [0, 0.1) is 0 Å². The van der Waals surface area contributed by atoms with Crippen molar-refractivity contribution in [2.45, 2.75) is 45.7 Å². The van der Waals surface area contributed by atoms with E-state index >= 15 is 0 Å². The van der Waals surface area contributed by atoms with E-state index < -0.39 is 0 Å². The predicted molar refractivity (Wildman–Crippen MR) is 77.8 cm³/mol. The van der Waals surface area contributed by atoms with Gasteiger partial charge in [-0.05, 0) is 50.9 Å². The van der Waals surface area contributed by atoms with Crippen LogP contribution in [0.2, 0.25) is 0 Å². The molecule has 1 aromatic carbocycles. The van der Waals surface area contributed by atoms with E-state index in [0.29, 0.717) is 0 Å². The van der Waals surface area contributed by atoms with Crippen LogP contribution in [-0.4, -0.2) is 30.1 Å². The number of hydrogen-bond acceptors (Lipinski definition) is 2. The summed E-state index contributed by atoms with van der Waals surface area (Å²) < 4.78 is 0. The fourth-order valence-corrected chi connectivity index (χ4v) is 3.00. The monoisotopic (exact) mass is 246 g/mol. The fraction of sp³-hybridized carbons (Fsp3) is 0.625. The molecule has 0 amide bonds. The zero-order valence-corrected chi connectivity index (χ0v) is 12.0. The lowest BCUT2D eigenvalue weighted by Crippen LogP contribution is -2.48. The third kappa shape index (κ3) is 3.56. The second-order valence-corrected chi connectivity index (χ2v) is 6.00. The lowest BCUT2D eigenvalue weighted by molar-refractivity contribution is 0.197. The van der Waals surface area contributed by atoms with Crippen molar-refractivity contribution in [2.24, 2.45) is 0 Å². The van der Waals surface area contributed by atoms with Crippen LogP contribution in [0.15, 0.2) is 24.3 Å². The molecular weight excluding hydrogens is 220 g/mol. The number of nitrogens with zero attached hydrogens (tertiary/aromatic N) is 1. The largest absolute Gasteiger partial charge is 0.311 e. The molecule has 2 nitrogen and oxygen atoms in total. The molecule has 0 aromatic heterocycles. The van der Waals surface area contributed by atoms with Gasteiger partial charge in [-0.15, -0.1) is 0 Å². The van der Waals surface area contributed by atoms with Gasteiger partial charge < -0.3 is 5.32 Å². The molecule has 0 atom stereocenters. The van der Waals surface area contributed by atoms with E-state index in [1.165, 1.54) is 24.9 Å². The van der Waals surface area contributed by atoms with Gasteiger partial charge in [-0.25, -0.2) is 0 Å². The maximum atomic E-state index is 3.57. The first-order valence-corrected chi connectivity index (χ1v) is 7.15. The Morgan fingerprint density at radius 1 is 1.22 bits per heavy atom. The highest BCUT2D eigenvalue weighted by molar-refractivity contribution is 5.28. The molecule has 0 fully saturated rings. The summed E-state index contributed by atoms with van der Waals surface area (Å²) in [6, 6.07) is 8.90. The minimum Gasteiger partial charge on any atom is -0.311 e. The van der Waals surface area contributed by atoms with E-state index in [0.717, 1.165) is 19.6 Å². The molecular formula is C16H26N2. The van der Waals surface area contributed by atoms with E-state index in [1.807, 2.05) is 0 Å². The highest BCUT2D eigenvalue weighted by atomic mass is 15.2. The van der Waals surface area contributed by atoms with E-state index in [2.05, 4.69) is 55.3 Å². The van der Waals surface area contributed by atoms with Crippen molar-refractivity contribution >= 4 is 0 Å². The molecule has 0 unspecified atom stereocenters. The first-order valence-electron chi connectivity index (χ1n) is 7.15. The van der Waals surface area contributed by atoms with Gasteiger partial charge in [-0.2, -0.15) is 0 Å². The number of benzene rings is 1. The lowest BCUT2D eigenvalue weighted by atomic mass is 10.0. The van der Waals surface area contributed by atoms with Gasteiger partial charge in [-0.1, -0.05) is 31.2 Å². The number of likely N-dealkylation sites (N-methyl/N-ethyl adjacent to an activating group) is 1. The Kier molecular flexibility index (Phi) is 4.41. The number of rotatable bonds is 4. The van der Waals surface area contributed by atoms with E-state index in [9.17, 15) is 0 Å². The van der Waals surface area contributed by atoms with Gasteiger partial charge in [-0.3, -0.25) is 4.90 Å². The van der Waals surface area contributed by atoms with Crippen molar-refractivity contribution in [3.05, 3.63) is 35.4 Å². The Morgan fingerprint density at radius 2 is 1.94 bits per heavy atom. The molecule has 2 heteroatoms. The van der Waals surface area contributed by atoms with Crippen LogP contribution >= 0.6 is 0 Å². The summed E-state index contributed by atoms with van der Waals surface area (Å²) in [6.45, 7) is 11.3. The minimum atomic E-state index is 0.202. The normalized spacial score (nSPS) is 17.3. The maximum absolute atomic E-state index is 3.57. The molecule has 100 valence electrons. The second kappa shape index (κ2) is 5.85. The second-order valence-electron chi connectivity index (χ2n) is 6.00. The molecule has 0 bridgehead atoms. The zero-order chi connectivity index (χ0) is 13.0. The number of nitrogens with one attached hydrogen (secondary N) is 1. The van der Waals surface area contributed by atoms with Crippen LogP contribution in [0.4, 0.5) is 0 Å². The topological polar surface area (TPSA) is 15.3 Å². The van der Waals surface area contributed by atoms with Crippen LogP contribution in [-0.2, 0) is 13.0 Å². The number of fused-ring (bicyclic) bond motifs is 1. The molecule has 0 saturated carbocycles. The quantitative estimate of drug-likeness (QED) is 0.879. The summed E-state index contributed by atoms with van der Waals surface area (Å²) in [6.07, 6.45) is 2.51. The van der Waals surface area contributed by atoms with Crippen molar-refractivity contribution in [3.8, 4) is 0 Å². The maximum Gasteiger partial charge on any atom is 0.0252 e. The highest BCUT2D eigenvalue weighted by Crippen LogP contribution is 2.19. The summed E-state index contributed by atoms with van der Waals surface area (Å²) in [7, 11) is 0. The summed E-state index contributed by atoms with van der Waals surface area (Å²) in [5, 5.41) is 3.57. The molecule has 1 N–H and O–H groups in total. The van der Waals surface area contributed by atoms with Gasteiger partial charge >= 0.3 is 0 Å². The molecule has 0 spiro atoms. The average Bonchev–Trinajstić information content (AvgIpc) is 2.49. The first kappa shape index (κ1) is 13.6. The summed E-state index contributed by atoms with van der Waals surface area (Å²) in [4.78, 5) is 2.59. The van der Waals surface area contributed by atoms with Crippen LogP contribution in [0.3, 0.4) is 0 Å². The van der Waals surface area contributed by atoms with Gasteiger partial charge in [0.25, 0.3) is 0 Å². The van der Waals surface area contributed by atoms with Crippen molar-refractivity contribution in [1.29, 1.82) is 0 Å². The minimum absolute atomic E-state index is 0.202. The van der Waals surface area contributed by atoms with Gasteiger partial charge in [0.05, 0.1) is 0 Å². The average molecular weight is 246 g/mol. The van der Waals surface area contributed by atoms with Crippen LogP contribution in [0.1, 0.15) is 38.3 Å².